The SMILES string of the molecule is Cc1cc(CC(=O)Nc2ccc(Oc3ccccc3)cc2)no1. The third kappa shape index (κ3) is 4.20. The predicted molar refractivity (Wildman–Crippen MR) is 86.5 cm³/mol. The van der Waals surface area contributed by atoms with Crippen LogP contribution in [-0.4, -0.2) is 11.1 Å². The number of anilines is 1. The van der Waals surface area contributed by atoms with Crippen LogP contribution in [0.25, 0.3) is 0 Å². The Labute approximate surface area is 133 Å². The van der Waals surface area contributed by atoms with Crippen molar-refractivity contribution >= 4 is 11.6 Å². The highest BCUT2D eigenvalue weighted by atomic mass is 16.5. The molecule has 0 unspecified atom stereocenters. The minimum atomic E-state index is -0.143. The van der Waals surface area contributed by atoms with Gasteiger partial charge in [-0.25, -0.2) is 0 Å². The van der Waals surface area contributed by atoms with Crippen LogP contribution in [-0.2, 0) is 11.2 Å². The number of carbonyl (C=O) groups excluding carboxylic acids is 1. The zero-order chi connectivity index (χ0) is 16.1. The molecule has 1 N–H and O–H groups in total. The summed E-state index contributed by atoms with van der Waals surface area (Å²) in [6, 6.07) is 18.5. The fraction of sp³-hybridized carbons (Fsp3) is 0.111. The average molecular weight is 308 g/mol. The van der Waals surface area contributed by atoms with E-state index in [0.717, 1.165) is 5.75 Å². The average Bonchev–Trinajstić information content (AvgIpc) is 2.95. The second-order valence-corrected chi connectivity index (χ2v) is 5.09. The van der Waals surface area contributed by atoms with Gasteiger partial charge >= 0.3 is 0 Å². The number of carbonyl (C=O) groups is 1. The van der Waals surface area contributed by atoms with Crippen molar-refractivity contribution in [2.45, 2.75) is 13.3 Å². The number of amides is 1. The lowest BCUT2D eigenvalue weighted by atomic mass is 10.2. The number of benzene rings is 2. The molecule has 1 amide bonds. The van der Waals surface area contributed by atoms with Gasteiger partial charge in [0.1, 0.15) is 17.3 Å². The molecule has 0 saturated carbocycles. The zero-order valence-electron chi connectivity index (χ0n) is 12.7. The van der Waals surface area contributed by atoms with Crippen LogP contribution < -0.4 is 10.1 Å². The van der Waals surface area contributed by atoms with Crippen LogP contribution in [0.1, 0.15) is 11.5 Å². The summed E-state index contributed by atoms with van der Waals surface area (Å²) < 4.78 is 10.6. The van der Waals surface area contributed by atoms with Crippen molar-refractivity contribution in [1.29, 1.82) is 0 Å². The third-order valence-electron chi connectivity index (χ3n) is 3.14. The molecule has 0 aliphatic carbocycles. The first-order valence-electron chi connectivity index (χ1n) is 7.24. The molecule has 0 spiro atoms. The number of nitrogens with one attached hydrogen (secondary N) is 1. The lowest BCUT2D eigenvalue weighted by Gasteiger charge is -2.07. The Morgan fingerprint density at radius 1 is 1.09 bits per heavy atom. The van der Waals surface area contributed by atoms with Gasteiger partial charge in [-0.2, -0.15) is 0 Å². The Hall–Kier alpha value is -3.08. The summed E-state index contributed by atoms with van der Waals surface area (Å²) >= 11 is 0. The third-order valence-corrected chi connectivity index (χ3v) is 3.14. The number of rotatable bonds is 5. The number of para-hydroxylation sites is 1. The van der Waals surface area contributed by atoms with Crippen molar-refractivity contribution in [3.63, 3.8) is 0 Å². The van der Waals surface area contributed by atoms with Gasteiger partial charge in [-0.3, -0.25) is 4.79 Å². The van der Waals surface area contributed by atoms with E-state index < -0.39 is 0 Å². The van der Waals surface area contributed by atoms with Crippen LogP contribution in [0.4, 0.5) is 5.69 Å². The van der Waals surface area contributed by atoms with Gasteiger partial charge in [0.05, 0.1) is 12.1 Å². The first-order valence-corrected chi connectivity index (χ1v) is 7.24. The summed E-state index contributed by atoms with van der Waals surface area (Å²) in [7, 11) is 0. The van der Waals surface area contributed by atoms with Gasteiger partial charge in [-0.1, -0.05) is 23.4 Å². The number of ether oxygens (including phenoxy) is 1. The fourth-order valence-electron chi connectivity index (χ4n) is 2.10. The maximum absolute atomic E-state index is 11.9. The molecule has 0 aliphatic heterocycles. The standard InChI is InChI=1S/C18H16N2O3/c1-13-11-15(20-23-13)12-18(21)19-14-7-9-17(10-8-14)22-16-5-3-2-4-6-16/h2-11H,12H2,1H3,(H,19,21). The highest BCUT2D eigenvalue weighted by Crippen LogP contribution is 2.22. The van der Waals surface area contributed by atoms with Crippen molar-refractivity contribution in [2.75, 3.05) is 5.32 Å². The second kappa shape index (κ2) is 6.79. The minimum Gasteiger partial charge on any atom is -0.457 e. The largest absolute Gasteiger partial charge is 0.457 e. The van der Waals surface area contributed by atoms with Crippen LogP contribution >= 0.6 is 0 Å². The van der Waals surface area contributed by atoms with Gasteiger partial charge in [0.15, 0.2) is 0 Å². The van der Waals surface area contributed by atoms with Gasteiger partial charge in [-0.05, 0) is 43.3 Å². The summed E-state index contributed by atoms with van der Waals surface area (Å²) in [6.07, 6.45) is 0.180. The summed E-state index contributed by atoms with van der Waals surface area (Å²) in [5.41, 5.74) is 1.32. The number of nitrogens with zero attached hydrogens (tertiary/aromatic N) is 1. The van der Waals surface area contributed by atoms with E-state index in [9.17, 15) is 4.79 Å². The highest BCUT2D eigenvalue weighted by Gasteiger charge is 2.08. The molecule has 0 fully saturated rings. The molecular formula is C18H16N2O3. The topological polar surface area (TPSA) is 64.4 Å². The quantitative estimate of drug-likeness (QED) is 0.775. The van der Waals surface area contributed by atoms with E-state index in [-0.39, 0.29) is 12.3 Å². The lowest BCUT2D eigenvalue weighted by Crippen LogP contribution is -2.14. The number of aryl methyl sites for hydroxylation is 1. The Kier molecular flexibility index (Phi) is 4.38. The highest BCUT2D eigenvalue weighted by molar-refractivity contribution is 5.92. The van der Waals surface area contributed by atoms with E-state index >= 15 is 0 Å². The molecule has 3 rings (SSSR count). The molecular weight excluding hydrogens is 292 g/mol. The molecule has 0 saturated heterocycles. The Bertz CT molecular complexity index is 780. The van der Waals surface area contributed by atoms with Crippen LogP contribution in [0.3, 0.4) is 0 Å². The van der Waals surface area contributed by atoms with E-state index in [1.54, 1.807) is 25.1 Å². The van der Waals surface area contributed by atoms with Gasteiger partial charge in [0.25, 0.3) is 0 Å². The molecule has 5 heteroatoms. The molecule has 1 aromatic heterocycles. The zero-order valence-corrected chi connectivity index (χ0v) is 12.7. The minimum absolute atomic E-state index is 0.143. The molecule has 5 nitrogen and oxygen atoms in total. The number of aromatic nitrogens is 1. The monoisotopic (exact) mass is 308 g/mol. The smallest absolute Gasteiger partial charge is 0.230 e. The van der Waals surface area contributed by atoms with E-state index in [0.29, 0.717) is 22.9 Å². The van der Waals surface area contributed by atoms with Gasteiger partial charge in [0.2, 0.25) is 5.91 Å². The Morgan fingerprint density at radius 2 is 1.78 bits per heavy atom. The number of hydrogen-bond donors (Lipinski definition) is 1. The first-order chi connectivity index (χ1) is 11.2. The van der Waals surface area contributed by atoms with Crippen LogP contribution in [0, 0.1) is 6.92 Å². The predicted octanol–water partition coefficient (Wildman–Crippen LogP) is 3.96. The normalized spacial score (nSPS) is 10.3. The summed E-state index contributed by atoms with van der Waals surface area (Å²) in [6.45, 7) is 1.79. The summed E-state index contributed by atoms with van der Waals surface area (Å²) in [5, 5.41) is 6.62. The van der Waals surface area contributed by atoms with Gasteiger partial charge in [0, 0.05) is 11.8 Å². The molecule has 23 heavy (non-hydrogen) atoms. The molecule has 3 aromatic rings. The molecule has 0 atom stereocenters. The molecule has 2 aromatic carbocycles. The van der Waals surface area contributed by atoms with E-state index in [1.165, 1.54) is 0 Å². The van der Waals surface area contributed by atoms with Crippen LogP contribution in [0.2, 0.25) is 0 Å². The van der Waals surface area contributed by atoms with Crippen LogP contribution in [0.5, 0.6) is 11.5 Å². The van der Waals surface area contributed by atoms with Crippen molar-refractivity contribution in [3.05, 3.63) is 72.1 Å². The summed E-state index contributed by atoms with van der Waals surface area (Å²) in [4.78, 5) is 11.9. The molecule has 0 bridgehead atoms. The molecule has 1 heterocycles. The van der Waals surface area contributed by atoms with Gasteiger partial charge in [-0.15, -0.1) is 0 Å². The molecule has 0 aliphatic rings. The van der Waals surface area contributed by atoms with E-state index in [1.807, 2.05) is 42.5 Å². The van der Waals surface area contributed by atoms with E-state index in [2.05, 4.69) is 10.5 Å². The maximum Gasteiger partial charge on any atom is 0.230 e. The van der Waals surface area contributed by atoms with Crippen molar-refractivity contribution in [1.82, 2.24) is 5.16 Å². The maximum atomic E-state index is 11.9. The Balaban J connectivity index is 1.57. The number of hydrogen-bond acceptors (Lipinski definition) is 4. The van der Waals surface area contributed by atoms with Crippen molar-refractivity contribution in [2.24, 2.45) is 0 Å². The fourth-order valence-corrected chi connectivity index (χ4v) is 2.10. The van der Waals surface area contributed by atoms with Crippen molar-refractivity contribution < 1.29 is 14.1 Å². The lowest BCUT2D eigenvalue weighted by molar-refractivity contribution is -0.115. The van der Waals surface area contributed by atoms with Crippen LogP contribution in [0.15, 0.2) is 65.2 Å². The molecule has 116 valence electrons. The van der Waals surface area contributed by atoms with E-state index in [4.69, 9.17) is 9.26 Å². The Morgan fingerprint density at radius 3 is 2.43 bits per heavy atom. The van der Waals surface area contributed by atoms with Gasteiger partial charge < -0.3 is 14.6 Å². The second-order valence-electron chi connectivity index (χ2n) is 5.09. The molecule has 0 radical (unpaired) electrons. The first kappa shape index (κ1) is 14.8. The summed E-state index contributed by atoms with van der Waals surface area (Å²) in [5.74, 6) is 2.03. The van der Waals surface area contributed by atoms with Crippen molar-refractivity contribution in [3.8, 4) is 11.5 Å².